The van der Waals surface area contributed by atoms with E-state index in [-0.39, 0.29) is 5.92 Å². The number of benzene rings is 2. The molecule has 1 unspecified atom stereocenters. The average molecular weight is 375 g/mol. The average Bonchev–Trinajstić information content (AvgIpc) is 2.55. The zero-order valence-corrected chi connectivity index (χ0v) is 16.5. The lowest BCUT2D eigenvalue weighted by Crippen LogP contribution is -2.31. The molecule has 0 aliphatic carbocycles. The van der Waals surface area contributed by atoms with Crippen LogP contribution in [0.2, 0.25) is 10.0 Å². The standard InChI is InChI=1S/C21H24Cl2N2/c1-13(2)14(3)24-17-7-5-15(6-8-17)19-11-25(4)12-20-18(19)9-16(22)10-21(20)23/h5-10,13,19,24H,3,11-12H2,1-2,4H3. The van der Waals surface area contributed by atoms with Crippen molar-refractivity contribution in [2.75, 3.05) is 18.9 Å². The Morgan fingerprint density at radius 2 is 1.88 bits per heavy atom. The van der Waals surface area contributed by atoms with Crippen molar-refractivity contribution in [2.24, 2.45) is 5.92 Å². The largest absolute Gasteiger partial charge is 0.359 e. The van der Waals surface area contributed by atoms with E-state index in [0.717, 1.165) is 29.5 Å². The molecule has 1 atom stereocenters. The zero-order valence-electron chi connectivity index (χ0n) is 14.9. The molecule has 1 heterocycles. The van der Waals surface area contributed by atoms with Crippen molar-refractivity contribution in [3.05, 3.63) is 75.4 Å². The minimum Gasteiger partial charge on any atom is -0.359 e. The highest BCUT2D eigenvalue weighted by atomic mass is 35.5. The molecule has 132 valence electrons. The van der Waals surface area contributed by atoms with Crippen LogP contribution in [0.5, 0.6) is 0 Å². The number of halogens is 2. The van der Waals surface area contributed by atoms with Crippen molar-refractivity contribution in [3.63, 3.8) is 0 Å². The fraction of sp³-hybridized carbons (Fsp3) is 0.333. The number of nitrogens with one attached hydrogen (secondary N) is 1. The fourth-order valence-electron chi connectivity index (χ4n) is 3.26. The molecule has 0 radical (unpaired) electrons. The highest BCUT2D eigenvalue weighted by molar-refractivity contribution is 6.35. The van der Waals surface area contributed by atoms with Crippen LogP contribution in [0.1, 0.15) is 36.5 Å². The van der Waals surface area contributed by atoms with Crippen LogP contribution >= 0.6 is 23.2 Å². The first-order valence-corrected chi connectivity index (χ1v) is 9.33. The highest BCUT2D eigenvalue weighted by Gasteiger charge is 2.27. The van der Waals surface area contributed by atoms with Crippen LogP contribution < -0.4 is 5.32 Å². The number of nitrogens with zero attached hydrogens (tertiary/aromatic N) is 1. The molecule has 0 saturated carbocycles. The third kappa shape index (κ3) is 4.03. The lowest BCUT2D eigenvalue weighted by Gasteiger charge is -2.33. The Hall–Kier alpha value is -1.48. The second-order valence-electron chi connectivity index (χ2n) is 7.13. The van der Waals surface area contributed by atoms with Crippen LogP contribution in [-0.4, -0.2) is 18.5 Å². The van der Waals surface area contributed by atoms with Gasteiger partial charge in [-0.3, -0.25) is 0 Å². The van der Waals surface area contributed by atoms with Gasteiger partial charge in [-0.15, -0.1) is 0 Å². The summed E-state index contributed by atoms with van der Waals surface area (Å²) in [7, 11) is 2.13. The Bertz CT molecular complexity index is 781. The van der Waals surface area contributed by atoms with Gasteiger partial charge in [-0.05, 0) is 53.9 Å². The molecule has 0 saturated heterocycles. The number of likely N-dealkylation sites (N-methyl/N-ethyl adjacent to an activating group) is 1. The molecule has 0 aromatic heterocycles. The molecule has 2 nitrogen and oxygen atoms in total. The van der Waals surface area contributed by atoms with Crippen molar-refractivity contribution in [3.8, 4) is 0 Å². The van der Waals surface area contributed by atoms with Crippen LogP contribution in [0, 0.1) is 5.92 Å². The normalized spacial score (nSPS) is 17.4. The lowest BCUT2D eigenvalue weighted by molar-refractivity contribution is 0.295. The molecule has 0 fully saturated rings. The van der Waals surface area contributed by atoms with Gasteiger partial charge >= 0.3 is 0 Å². The second kappa shape index (κ2) is 7.41. The molecular weight excluding hydrogens is 351 g/mol. The van der Waals surface area contributed by atoms with Crippen molar-refractivity contribution >= 4 is 28.9 Å². The van der Waals surface area contributed by atoms with E-state index >= 15 is 0 Å². The Morgan fingerprint density at radius 3 is 2.52 bits per heavy atom. The number of hydrogen-bond donors (Lipinski definition) is 1. The number of fused-ring (bicyclic) bond motifs is 1. The quantitative estimate of drug-likeness (QED) is 0.689. The molecule has 2 aromatic rings. The van der Waals surface area contributed by atoms with E-state index in [9.17, 15) is 0 Å². The molecule has 1 aliphatic rings. The van der Waals surface area contributed by atoms with Gasteiger partial charge in [0, 0.05) is 40.4 Å². The summed E-state index contributed by atoms with van der Waals surface area (Å²) in [5, 5.41) is 4.82. The van der Waals surface area contributed by atoms with E-state index in [1.165, 1.54) is 16.7 Å². The Morgan fingerprint density at radius 1 is 1.20 bits per heavy atom. The van der Waals surface area contributed by atoms with E-state index in [4.69, 9.17) is 23.2 Å². The van der Waals surface area contributed by atoms with Crippen molar-refractivity contribution in [1.82, 2.24) is 4.90 Å². The summed E-state index contributed by atoms with van der Waals surface area (Å²) in [6.45, 7) is 10.1. The molecule has 2 aromatic carbocycles. The van der Waals surface area contributed by atoms with Gasteiger partial charge in [0.1, 0.15) is 0 Å². The fourth-order valence-corrected chi connectivity index (χ4v) is 3.83. The first kappa shape index (κ1) is 18.3. The van der Waals surface area contributed by atoms with Crippen LogP contribution in [0.15, 0.2) is 48.7 Å². The van der Waals surface area contributed by atoms with E-state index in [0.29, 0.717) is 10.9 Å². The summed E-state index contributed by atoms with van der Waals surface area (Å²) in [5.74, 6) is 0.676. The van der Waals surface area contributed by atoms with Crippen LogP contribution in [-0.2, 0) is 6.54 Å². The van der Waals surface area contributed by atoms with Gasteiger partial charge in [-0.2, -0.15) is 0 Å². The van der Waals surface area contributed by atoms with Gasteiger partial charge in [0.15, 0.2) is 0 Å². The minimum absolute atomic E-state index is 0.271. The monoisotopic (exact) mass is 374 g/mol. The van der Waals surface area contributed by atoms with Crippen LogP contribution in [0.25, 0.3) is 0 Å². The Kier molecular flexibility index (Phi) is 5.43. The van der Waals surface area contributed by atoms with E-state index < -0.39 is 0 Å². The summed E-state index contributed by atoms with van der Waals surface area (Å²) in [6, 6.07) is 12.5. The summed E-state index contributed by atoms with van der Waals surface area (Å²) >= 11 is 12.7. The van der Waals surface area contributed by atoms with Crippen molar-refractivity contribution < 1.29 is 0 Å². The maximum atomic E-state index is 6.45. The number of rotatable bonds is 4. The summed E-state index contributed by atoms with van der Waals surface area (Å²) in [6.07, 6.45) is 0. The molecule has 0 amide bonds. The van der Waals surface area contributed by atoms with E-state index in [2.05, 4.69) is 68.0 Å². The maximum absolute atomic E-state index is 6.45. The third-order valence-corrected chi connectivity index (χ3v) is 5.36. The lowest BCUT2D eigenvalue weighted by atomic mass is 9.84. The predicted octanol–water partition coefficient (Wildman–Crippen LogP) is 6.15. The smallest absolute Gasteiger partial charge is 0.0468 e. The summed E-state index contributed by atoms with van der Waals surface area (Å²) in [5.41, 5.74) is 5.78. The van der Waals surface area contributed by atoms with Gasteiger partial charge in [0.25, 0.3) is 0 Å². The Balaban J connectivity index is 1.91. The van der Waals surface area contributed by atoms with Crippen molar-refractivity contribution in [2.45, 2.75) is 26.3 Å². The first-order chi connectivity index (χ1) is 11.8. The minimum atomic E-state index is 0.271. The number of hydrogen-bond acceptors (Lipinski definition) is 2. The molecule has 3 rings (SSSR count). The van der Waals surface area contributed by atoms with Crippen molar-refractivity contribution in [1.29, 1.82) is 0 Å². The van der Waals surface area contributed by atoms with Gasteiger partial charge < -0.3 is 10.2 Å². The van der Waals surface area contributed by atoms with Gasteiger partial charge in [0.05, 0.1) is 0 Å². The van der Waals surface area contributed by atoms with Gasteiger partial charge in [0.2, 0.25) is 0 Å². The first-order valence-electron chi connectivity index (χ1n) is 8.57. The number of allylic oxidation sites excluding steroid dienone is 1. The van der Waals surface area contributed by atoms with Crippen LogP contribution in [0.4, 0.5) is 5.69 Å². The highest BCUT2D eigenvalue weighted by Crippen LogP contribution is 2.38. The molecule has 1 N–H and O–H groups in total. The van der Waals surface area contributed by atoms with Crippen LogP contribution in [0.3, 0.4) is 0 Å². The third-order valence-electron chi connectivity index (χ3n) is 4.81. The number of anilines is 1. The maximum Gasteiger partial charge on any atom is 0.0468 e. The topological polar surface area (TPSA) is 15.3 Å². The van der Waals surface area contributed by atoms with E-state index in [1.807, 2.05) is 6.07 Å². The van der Waals surface area contributed by atoms with Gasteiger partial charge in [-0.1, -0.05) is 55.8 Å². The molecule has 0 bridgehead atoms. The van der Waals surface area contributed by atoms with E-state index in [1.54, 1.807) is 0 Å². The molecule has 1 aliphatic heterocycles. The molecule has 0 spiro atoms. The second-order valence-corrected chi connectivity index (χ2v) is 7.98. The zero-order chi connectivity index (χ0) is 18.1. The summed E-state index contributed by atoms with van der Waals surface area (Å²) < 4.78 is 0. The molecular formula is C21H24Cl2N2. The SMILES string of the molecule is C=C(Nc1ccc(C2CN(C)Cc3c(Cl)cc(Cl)cc32)cc1)C(C)C. The predicted molar refractivity (Wildman–Crippen MR) is 109 cm³/mol. The molecule has 4 heteroatoms. The molecule has 25 heavy (non-hydrogen) atoms. The van der Waals surface area contributed by atoms with Gasteiger partial charge in [-0.25, -0.2) is 0 Å². The Labute approximate surface area is 160 Å². The summed E-state index contributed by atoms with van der Waals surface area (Å²) in [4.78, 5) is 2.31.